The summed E-state index contributed by atoms with van der Waals surface area (Å²) in [5.41, 5.74) is 7.44. The van der Waals surface area contributed by atoms with Crippen molar-refractivity contribution in [2.24, 2.45) is 0 Å². The van der Waals surface area contributed by atoms with Crippen molar-refractivity contribution in [1.82, 2.24) is 14.5 Å². The van der Waals surface area contributed by atoms with E-state index in [0.29, 0.717) is 21.7 Å². The summed E-state index contributed by atoms with van der Waals surface area (Å²) in [7, 11) is 0. The molecular weight excluding hydrogens is 255 g/mol. The predicted molar refractivity (Wildman–Crippen MR) is 68.2 cm³/mol. The fraction of sp³-hybridized carbons (Fsp3) is 0. The summed E-state index contributed by atoms with van der Waals surface area (Å²) in [5.74, 6) is -0.246. The molecule has 1 aromatic carbocycles. The van der Waals surface area contributed by atoms with Gasteiger partial charge in [0.25, 0.3) is 0 Å². The summed E-state index contributed by atoms with van der Waals surface area (Å²) in [6.07, 6.45) is 3.18. The molecule has 6 heteroatoms. The third-order valence-electron chi connectivity index (χ3n) is 2.63. The molecule has 0 radical (unpaired) electrons. The van der Waals surface area contributed by atoms with E-state index >= 15 is 0 Å². The Morgan fingerprint density at radius 1 is 1.28 bits per heavy atom. The number of fused-ring (bicyclic) bond motifs is 1. The summed E-state index contributed by atoms with van der Waals surface area (Å²) in [4.78, 5) is 8.08. The molecule has 2 N–H and O–H groups in total. The molecule has 0 spiro atoms. The van der Waals surface area contributed by atoms with Crippen molar-refractivity contribution in [3.8, 4) is 5.69 Å². The van der Waals surface area contributed by atoms with Crippen LogP contribution in [0, 0.1) is 5.82 Å². The van der Waals surface area contributed by atoms with E-state index < -0.39 is 5.82 Å². The van der Waals surface area contributed by atoms with E-state index in [2.05, 4.69) is 9.97 Å². The summed E-state index contributed by atoms with van der Waals surface area (Å²) >= 11 is 5.73. The van der Waals surface area contributed by atoms with Crippen molar-refractivity contribution >= 4 is 28.6 Å². The monoisotopic (exact) mass is 262 g/mol. The number of pyridine rings is 1. The molecule has 90 valence electrons. The Morgan fingerprint density at radius 3 is 2.89 bits per heavy atom. The highest BCUT2D eigenvalue weighted by Crippen LogP contribution is 2.25. The van der Waals surface area contributed by atoms with Crippen molar-refractivity contribution in [2.45, 2.75) is 0 Å². The van der Waals surface area contributed by atoms with Crippen LogP contribution in [0.15, 0.2) is 36.7 Å². The molecule has 0 saturated heterocycles. The second-order valence-electron chi connectivity index (χ2n) is 3.77. The van der Waals surface area contributed by atoms with Crippen LogP contribution in [0.1, 0.15) is 0 Å². The predicted octanol–water partition coefficient (Wildman–Crippen LogP) is 2.80. The van der Waals surface area contributed by atoms with E-state index in [1.807, 2.05) is 0 Å². The Morgan fingerprint density at radius 2 is 2.11 bits per heavy atom. The molecular formula is C12H8ClFN4. The minimum Gasteiger partial charge on any atom is -0.369 e. The number of nitrogen functional groups attached to an aromatic ring is 1. The number of hydrogen-bond acceptors (Lipinski definition) is 3. The van der Waals surface area contributed by atoms with Crippen molar-refractivity contribution in [3.05, 3.63) is 47.5 Å². The SMILES string of the molecule is Nc1nc2cnccc2n1-c1ccc(Cl)cc1F. The number of anilines is 1. The van der Waals surface area contributed by atoms with Gasteiger partial charge in [-0.3, -0.25) is 9.55 Å². The first-order valence-electron chi connectivity index (χ1n) is 5.20. The largest absolute Gasteiger partial charge is 0.369 e. The highest BCUT2D eigenvalue weighted by atomic mass is 35.5. The van der Waals surface area contributed by atoms with Crippen molar-refractivity contribution in [1.29, 1.82) is 0 Å². The number of halogens is 2. The van der Waals surface area contributed by atoms with Gasteiger partial charge in [-0.15, -0.1) is 0 Å². The van der Waals surface area contributed by atoms with E-state index in [9.17, 15) is 4.39 Å². The molecule has 4 nitrogen and oxygen atoms in total. The van der Waals surface area contributed by atoms with Gasteiger partial charge < -0.3 is 5.73 Å². The van der Waals surface area contributed by atoms with Crippen LogP contribution in [0.4, 0.5) is 10.3 Å². The molecule has 2 aromatic heterocycles. The van der Waals surface area contributed by atoms with Gasteiger partial charge in [0.05, 0.1) is 17.4 Å². The zero-order valence-corrected chi connectivity index (χ0v) is 9.89. The molecule has 3 rings (SSSR count). The number of benzene rings is 1. The summed E-state index contributed by atoms with van der Waals surface area (Å²) in [5, 5.41) is 0.334. The van der Waals surface area contributed by atoms with E-state index in [1.54, 1.807) is 30.6 Å². The first-order chi connectivity index (χ1) is 8.66. The molecule has 18 heavy (non-hydrogen) atoms. The van der Waals surface area contributed by atoms with Gasteiger partial charge in [-0.1, -0.05) is 11.6 Å². The van der Waals surface area contributed by atoms with Gasteiger partial charge in [-0.25, -0.2) is 9.37 Å². The average molecular weight is 263 g/mol. The number of hydrogen-bond donors (Lipinski definition) is 1. The van der Waals surface area contributed by atoms with Gasteiger partial charge in [0, 0.05) is 11.2 Å². The molecule has 3 aromatic rings. The third kappa shape index (κ3) is 1.60. The lowest BCUT2D eigenvalue weighted by atomic mass is 10.3. The molecule has 0 bridgehead atoms. The first kappa shape index (κ1) is 11.0. The minimum absolute atomic E-state index is 0.208. The smallest absolute Gasteiger partial charge is 0.206 e. The van der Waals surface area contributed by atoms with Gasteiger partial charge in [0.2, 0.25) is 5.95 Å². The molecule has 0 unspecified atom stereocenters. The first-order valence-corrected chi connectivity index (χ1v) is 5.58. The van der Waals surface area contributed by atoms with Gasteiger partial charge in [0.15, 0.2) is 0 Å². The van der Waals surface area contributed by atoms with E-state index in [4.69, 9.17) is 17.3 Å². The number of nitrogens with two attached hydrogens (primary N) is 1. The van der Waals surface area contributed by atoms with E-state index in [0.717, 1.165) is 0 Å². The summed E-state index contributed by atoms with van der Waals surface area (Å²) in [6.45, 7) is 0. The number of imidazole rings is 1. The minimum atomic E-state index is -0.453. The van der Waals surface area contributed by atoms with Gasteiger partial charge in [-0.05, 0) is 24.3 Å². The Balaban J connectivity index is 2.34. The van der Waals surface area contributed by atoms with Crippen LogP contribution >= 0.6 is 11.6 Å². The number of aromatic nitrogens is 3. The zero-order chi connectivity index (χ0) is 12.7. The van der Waals surface area contributed by atoms with Gasteiger partial charge in [0.1, 0.15) is 11.3 Å². The molecule has 0 aliphatic heterocycles. The van der Waals surface area contributed by atoms with Crippen LogP contribution in [0.5, 0.6) is 0 Å². The summed E-state index contributed by atoms with van der Waals surface area (Å²) < 4.78 is 15.4. The number of nitrogens with zero attached hydrogens (tertiary/aromatic N) is 3. The van der Waals surface area contributed by atoms with Crippen LogP contribution in [0.25, 0.3) is 16.7 Å². The summed E-state index contributed by atoms with van der Waals surface area (Å²) in [6, 6.07) is 6.14. The fourth-order valence-electron chi connectivity index (χ4n) is 1.87. The normalized spacial score (nSPS) is 11.0. The van der Waals surface area contributed by atoms with Crippen LogP contribution < -0.4 is 5.73 Å². The lowest BCUT2D eigenvalue weighted by Crippen LogP contribution is -2.02. The Hall–Kier alpha value is -2.14. The maximum absolute atomic E-state index is 13.9. The highest BCUT2D eigenvalue weighted by molar-refractivity contribution is 6.30. The van der Waals surface area contributed by atoms with Gasteiger partial charge >= 0.3 is 0 Å². The van der Waals surface area contributed by atoms with Crippen LogP contribution in [-0.4, -0.2) is 14.5 Å². The lowest BCUT2D eigenvalue weighted by Gasteiger charge is -2.07. The quantitative estimate of drug-likeness (QED) is 0.734. The molecule has 0 atom stereocenters. The van der Waals surface area contributed by atoms with Crippen LogP contribution in [-0.2, 0) is 0 Å². The Bertz CT molecular complexity index is 738. The lowest BCUT2D eigenvalue weighted by molar-refractivity contribution is 0.620. The van der Waals surface area contributed by atoms with Crippen molar-refractivity contribution < 1.29 is 4.39 Å². The highest BCUT2D eigenvalue weighted by Gasteiger charge is 2.13. The number of rotatable bonds is 1. The van der Waals surface area contributed by atoms with E-state index in [-0.39, 0.29) is 5.95 Å². The molecule has 0 saturated carbocycles. The van der Waals surface area contributed by atoms with Crippen LogP contribution in [0.2, 0.25) is 5.02 Å². The van der Waals surface area contributed by atoms with E-state index in [1.165, 1.54) is 10.6 Å². The second-order valence-corrected chi connectivity index (χ2v) is 4.20. The van der Waals surface area contributed by atoms with Gasteiger partial charge in [-0.2, -0.15) is 0 Å². The fourth-order valence-corrected chi connectivity index (χ4v) is 2.03. The zero-order valence-electron chi connectivity index (χ0n) is 9.14. The Labute approximate surface area is 107 Å². The maximum Gasteiger partial charge on any atom is 0.206 e. The van der Waals surface area contributed by atoms with Crippen molar-refractivity contribution in [2.75, 3.05) is 5.73 Å². The molecule has 0 amide bonds. The average Bonchev–Trinajstić information content (AvgIpc) is 2.66. The molecule has 0 aliphatic rings. The maximum atomic E-state index is 13.9. The second kappa shape index (κ2) is 3.96. The topological polar surface area (TPSA) is 56.7 Å². The standard InChI is InChI=1S/C12H8ClFN4/c13-7-1-2-10(8(14)5-7)18-11-3-4-16-6-9(11)17-12(18)15/h1-6H,(H2,15,17). The molecule has 2 heterocycles. The van der Waals surface area contributed by atoms with Crippen LogP contribution in [0.3, 0.4) is 0 Å². The molecule has 0 fully saturated rings. The Kier molecular flexibility index (Phi) is 2.41. The third-order valence-corrected chi connectivity index (χ3v) is 2.87. The van der Waals surface area contributed by atoms with Crippen molar-refractivity contribution in [3.63, 3.8) is 0 Å². The molecule has 0 aliphatic carbocycles.